The Balaban J connectivity index is 3.04. The van der Waals surface area contributed by atoms with E-state index in [0.717, 1.165) is 0 Å². The molecule has 0 saturated carbocycles. The molecule has 0 bridgehead atoms. The number of hydrogen-bond acceptors (Lipinski definition) is 4. The number of hydrogen-bond donors (Lipinski definition) is 2. The van der Waals surface area contributed by atoms with Gasteiger partial charge in [0, 0.05) is 0 Å². The van der Waals surface area contributed by atoms with Crippen LogP contribution in [0.15, 0.2) is 12.3 Å². The lowest BCUT2D eigenvalue weighted by Crippen LogP contribution is -2.05. The fourth-order valence-electron chi connectivity index (χ4n) is 0.757. The van der Waals surface area contributed by atoms with E-state index in [0.29, 0.717) is 0 Å². The molecule has 0 spiro atoms. The van der Waals surface area contributed by atoms with Crippen molar-refractivity contribution in [2.45, 2.75) is 0 Å². The summed E-state index contributed by atoms with van der Waals surface area (Å²) in [7, 11) is 0. The molecule has 1 heterocycles. The number of aliphatic hydroxyl groups is 1. The highest BCUT2D eigenvalue weighted by molar-refractivity contribution is 6.39. The smallest absolute Gasteiger partial charge is 0.237 e. The Hall–Kier alpha value is -1.20. The van der Waals surface area contributed by atoms with E-state index < -0.39 is 5.95 Å². The van der Waals surface area contributed by atoms with Gasteiger partial charge in [0.2, 0.25) is 11.8 Å². The maximum absolute atomic E-state index is 13.0. The van der Waals surface area contributed by atoms with E-state index in [9.17, 15) is 4.39 Å². The molecule has 0 fully saturated rings. The molecule has 0 radical (unpaired) electrons. The van der Waals surface area contributed by atoms with Crippen LogP contribution in [-0.2, 0) is 0 Å². The Kier molecular flexibility index (Phi) is 3.60. The van der Waals surface area contributed by atoms with Crippen LogP contribution in [0.4, 0.5) is 10.1 Å². The monoisotopic (exact) mass is 252 g/mol. The van der Waals surface area contributed by atoms with Crippen molar-refractivity contribution >= 4 is 28.9 Å². The Bertz CT molecular complexity index is 412. The molecule has 15 heavy (non-hydrogen) atoms. The van der Waals surface area contributed by atoms with Crippen LogP contribution >= 0.6 is 23.2 Å². The normalized spacial score (nSPS) is 10.1. The number of halogens is 3. The van der Waals surface area contributed by atoms with Gasteiger partial charge in [0.25, 0.3) is 0 Å². The van der Waals surface area contributed by atoms with Crippen molar-refractivity contribution in [3.8, 4) is 5.88 Å². The summed E-state index contributed by atoms with van der Waals surface area (Å²) in [6.45, 7) is 2.91. The van der Waals surface area contributed by atoms with Crippen LogP contribution in [0.5, 0.6) is 5.88 Å². The number of aliphatic hydroxyl groups excluding tert-OH is 1. The molecule has 1 aromatic heterocycles. The zero-order chi connectivity index (χ0) is 11.6. The van der Waals surface area contributed by atoms with E-state index in [1.807, 2.05) is 0 Å². The number of aromatic nitrogens is 1. The molecule has 1 aromatic rings. The Morgan fingerprint density at radius 2 is 2.13 bits per heavy atom. The van der Waals surface area contributed by atoms with Crippen LogP contribution < -0.4 is 10.5 Å². The first-order chi connectivity index (χ1) is 6.93. The van der Waals surface area contributed by atoms with Gasteiger partial charge in [-0.15, -0.1) is 0 Å². The van der Waals surface area contributed by atoms with E-state index in [2.05, 4.69) is 11.6 Å². The quantitative estimate of drug-likeness (QED) is 0.641. The number of ether oxygens (including phenoxy) is 1. The molecule has 82 valence electrons. The zero-order valence-electron chi connectivity index (χ0n) is 7.43. The average molecular weight is 253 g/mol. The molecular formula is C8H7Cl2FN2O2. The molecule has 0 aliphatic rings. The van der Waals surface area contributed by atoms with Crippen molar-refractivity contribution in [1.82, 2.24) is 4.98 Å². The molecule has 0 atom stereocenters. The lowest BCUT2D eigenvalue weighted by atomic mass is 10.4. The lowest BCUT2D eigenvalue weighted by molar-refractivity contribution is 0.262. The molecule has 0 amide bonds. The molecular weight excluding hydrogens is 246 g/mol. The van der Waals surface area contributed by atoms with Gasteiger partial charge in [0.15, 0.2) is 0 Å². The number of nitrogens with zero attached hydrogens (tertiary/aromatic N) is 1. The first-order valence-electron chi connectivity index (χ1n) is 3.73. The van der Waals surface area contributed by atoms with Gasteiger partial charge in [0.05, 0.1) is 5.69 Å². The van der Waals surface area contributed by atoms with E-state index in [1.165, 1.54) is 0 Å². The van der Waals surface area contributed by atoms with Gasteiger partial charge in [-0.25, -0.2) is 0 Å². The highest BCUT2D eigenvalue weighted by Gasteiger charge is 2.16. The summed E-state index contributed by atoms with van der Waals surface area (Å²) >= 11 is 11.1. The third kappa shape index (κ3) is 2.64. The van der Waals surface area contributed by atoms with Crippen molar-refractivity contribution in [2.24, 2.45) is 0 Å². The zero-order valence-corrected chi connectivity index (χ0v) is 8.94. The molecule has 7 heteroatoms. The molecule has 0 aliphatic carbocycles. The minimum absolute atomic E-state index is 0.109. The number of anilines is 1. The largest absolute Gasteiger partial charge is 0.509 e. The van der Waals surface area contributed by atoms with E-state index in [1.54, 1.807) is 0 Å². The highest BCUT2D eigenvalue weighted by atomic mass is 35.5. The predicted octanol–water partition coefficient (Wildman–Crippen LogP) is 2.56. The Morgan fingerprint density at radius 3 is 2.67 bits per heavy atom. The van der Waals surface area contributed by atoms with Gasteiger partial charge < -0.3 is 15.6 Å². The van der Waals surface area contributed by atoms with Crippen molar-refractivity contribution in [3.63, 3.8) is 0 Å². The molecule has 0 aromatic carbocycles. The van der Waals surface area contributed by atoms with Gasteiger partial charge in [-0.1, -0.05) is 29.8 Å². The number of nitrogen functional groups attached to an aromatic ring is 1. The van der Waals surface area contributed by atoms with Crippen LogP contribution in [-0.4, -0.2) is 16.7 Å². The summed E-state index contributed by atoms with van der Waals surface area (Å²) in [5.41, 5.74) is 5.22. The second kappa shape index (κ2) is 4.55. The lowest BCUT2D eigenvalue weighted by Gasteiger charge is -2.09. The van der Waals surface area contributed by atoms with Crippen LogP contribution in [0.3, 0.4) is 0 Å². The minimum atomic E-state index is -0.989. The molecule has 4 nitrogen and oxygen atoms in total. The van der Waals surface area contributed by atoms with E-state index in [-0.39, 0.29) is 34.0 Å². The first kappa shape index (κ1) is 11.9. The van der Waals surface area contributed by atoms with Gasteiger partial charge in [0.1, 0.15) is 22.4 Å². The van der Waals surface area contributed by atoms with Crippen LogP contribution in [0.2, 0.25) is 10.0 Å². The van der Waals surface area contributed by atoms with Gasteiger partial charge >= 0.3 is 0 Å². The summed E-state index contributed by atoms with van der Waals surface area (Å²) in [4.78, 5) is 3.32. The van der Waals surface area contributed by atoms with Crippen molar-refractivity contribution in [3.05, 3.63) is 28.3 Å². The molecule has 0 saturated heterocycles. The van der Waals surface area contributed by atoms with Gasteiger partial charge in [-0.3, -0.25) is 0 Å². The maximum Gasteiger partial charge on any atom is 0.237 e. The van der Waals surface area contributed by atoms with Crippen LogP contribution in [0.25, 0.3) is 0 Å². The van der Waals surface area contributed by atoms with Crippen LogP contribution in [0, 0.1) is 5.95 Å². The fraction of sp³-hybridized carbons (Fsp3) is 0.125. The summed E-state index contributed by atoms with van der Waals surface area (Å²) in [6, 6.07) is 0. The van der Waals surface area contributed by atoms with E-state index >= 15 is 0 Å². The summed E-state index contributed by atoms with van der Waals surface area (Å²) in [6.07, 6.45) is 0. The van der Waals surface area contributed by atoms with Crippen molar-refractivity contribution < 1.29 is 14.2 Å². The van der Waals surface area contributed by atoms with E-state index in [4.69, 9.17) is 38.8 Å². The topological polar surface area (TPSA) is 68.4 Å². The Labute approximate surface area is 95.1 Å². The van der Waals surface area contributed by atoms with Gasteiger partial charge in [-0.05, 0) is 0 Å². The summed E-state index contributed by atoms with van der Waals surface area (Å²) in [5, 5.41) is 8.28. The number of nitrogens with two attached hydrogens (primary N) is 1. The SMILES string of the molecule is C=C(O)COc1nc(F)c(Cl)c(N)c1Cl. The van der Waals surface area contributed by atoms with Crippen LogP contribution in [0.1, 0.15) is 0 Å². The second-order valence-electron chi connectivity index (χ2n) is 2.60. The first-order valence-corrected chi connectivity index (χ1v) is 4.48. The highest BCUT2D eigenvalue weighted by Crippen LogP contribution is 2.35. The fourth-order valence-corrected chi connectivity index (χ4v) is 1.13. The summed E-state index contributed by atoms with van der Waals surface area (Å²) < 4.78 is 17.8. The minimum Gasteiger partial charge on any atom is -0.509 e. The second-order valence-corrected chi connectivity index (χ2v) is 3.36. The standard InChI is InChI=1S/C8H7Cl2FN2O2/c1-3(14)2-15-8-5(10)6(12)4(9)7(11)13-8/h14H,1-2H2,(H2,12,13). The summed E-state index contributed by atoms with van der Waals surface area (Å²) in [5.74, 6) is -1.48. The Morgan fingerprint density at radius 1 is 1.53 bits per heavy atom. The van der Waals surface area contributed by atoms with Gasteiger partial charge in [-0.2, -0.15) is 9.37 Å². The molecule has 3 N–H and O–H groups in total. The average Bonchev–Trinajstić information content (AvgIpc) is 2.18. The van der Waals surface area contributed by atoms with Crippen molar-refractivity contribution in [1.29, 1.82) is 0 Å². The molecule has 0 aliphatic heterocycles. The van der Waals surface area contributed by atoms with Crippen molar-refractivity contribution in [2.75, 3.05) is 12.3 Å². The molecule has 0 unspecified atom stereocenters. The third-order valence-electron chi connectivity index (χ3n) is 1.42. The number of rotatable bonds is 3. The molecule has 1 rings (SSSR count). The predicted molar refractivity (Wildman–Crippen MR) is 55.9 cm³/mol. The maximum atomic E-state index is 13.0. The third-order valence-corrected chi connectivity index (χ3v) is 2.14. The number of pyridine rings is 1.